The topological polar surface area (TPSA) is 107 Å². The molecule has 1 saturated heterocycles. The van der Waals surface area contributed by atoms with Gasteiger partial charge in [0.1, 0.15) is 11.9 Å². The molecule has 8 heteroatoms. The third-order valence-electron chi connectivity index (χ3n) is 5.79. The lowest BCUT2D eigenvalue weighted by molar-refractivity contribution is -0.136. The van der Waals surface area contributed by atoms with Crippen molar-refractivity contribution in [2.24, 2.45) is 11.8 Å². The molecule has 1 unspecified atom stereocenters. The first kappa shape index (κ1) is 23.5. The van der Waals surface area contributed by atoms with Crippen molar-refractivity contribution in [2.45, 2.75) is 52.0 Å². The van der Waals surface area contributed by atoms with Gasteiger partial charge in [-0.2, -0.15) is 5.10 Å². The van der Waals surface area contributed by atoms with Crippen molar-refractivity contribution in [3.63, 3.8) is 0 Å². The highest BCUT2D eigenvalue weighted by Crippen LogP contribution is 2.20. The van der Waals surface area contributed by atoms with E-state index in [-0.39, 0.29) is 29.6 Å². The quantitative estimate of drug-likeness (QED) is 0.558. The van der Waals surface area contributed by atoms with Gasteiger partial charge in [0.2, 0.25) is 17.7 Å². The normalized spacial score (nSPS) is 15.4. The lowest BCUT2D eigenvalue weighted by atomic mass is 9.94. The van der Waals surface area contributed by atoms with Crippen LogP contribution in [0.15, 0.2) is 42.6 Å². The first-order chi connectivity index (χ1) is 15.4. The molecule has 3 rings (SSSR count). The minimum atomic E-state index is -0.615. The van der Waals surface area contributed by atoms with Crippen LogP contribution < -0.4 is 10.6 Å². The maximum Gasteiger partial charge on any atom is 0.248 e. The number of aromatic nitrogens is 2. The summed E-state index contributed by atoms with van der Waals surface area (Å²) in [6.45, 7) is 5.17. The number of piperidine rings is 1. The van der Waals surface area contributed by atoms with Crippen LogP contribution in [0.5, 0.6) is 0 Å². The molecule has 2 aromatic rings. The highest BCUT2D eigenvalue weighted by Gasteiger charge is 2.30. The molecule has 0 radical (unpaired) electrons. The first-order valence-corrected chi connectivity index (χ1v) is 11.3. The zero-order valence-electron chi connectivity index (χ0n) is 18.8. The van der Waals surface area contributed by atoms with Gasteiger partial charge in [0.15, 0.2) is 0 Å². The monoisotopic (exact) mass is 439 g/mol. The molecule has 32 heavy (non-hydrogen) atoms. The molecule has 1 atom stereocenters. The Kier molecular flexibility index (Phi) is 8.41. The zero-order valence-corrected chi connectivity index (χ0v) is 18.8. The largest absolute Gasteiger partial charge is 0.344 e. The van der Waals surface area contributed by atoms with Crippen LogP contribution in [0.1, 0.15) is 45.1 Å². The number of amides is 3. The van der Waals surface area contributed by atoms with Crippen molar-refractivity contribution in [3.8, 4) is 0 Å². The number of H-pyrrole nitrogens is 1. The molecule has 0 aliphatic carbocycles. The Labute approximate surface area is 189 Å². The summed E-state index contributed by atoms with van der Waals surface area (Å²) in [7, 11) is 0. The lowest BCUT2D eigenvalue weighted by Gasteiger charge is -2.32. The Balaban J connectivity index is 1.47. The molecule has 0 saturated carbocycles. The Morgan fingerprint density at radius 1 is 1.12 bits per heavy atom. The van der Waals surface area contributed by atoms with Crippen LogP contribution in [0.25, 0.3) is 0 Å². The molecule has 8 nitrogen and oxygen atoms in total. The summed E-state index contributed by atoms with van der Waals surface area (Å²) in [5.41, 5.74) is 1.15. The molecule has 0 spiro atoms. The van der Waals surface area contributed by atoms with E-state index in [0.29, 0.717) is 44.6 Å². The summed E-state index contributed by atoms with van der Waals surface area (Å²) in [4.78, 5) is 39.9. The average Bonchev–Trinajstić information content (AvgIpc) is 3.30. The second kappa shape index (κ2) is 11.5. The molecule has 1 aromatic heterocycles. The molecule has 0 bridgehead atoms. The second-order valence-electron chi connectivity index (χ2n) is 8.79. The van der Waals surface area contributed by atoms with Crippen LogP contribution in [-0.2, 0) is 20.8 Å². The minimum Gasteiger partial charge on any atom is -0.344 e. The van der Waals surface area contributed by atoms with Gasteiger partial charge in [0.05, 0.1) is 6.20 Å². The van der Waals surface area contributed by atoms with E-state index in [1.54, 1.807) is 12.3 Å². The fourth-order valence-corrected chi connectivity index (χ4v) is 3.98. The molecule has 172 valence electrons. The molecule has 1 aliphatic heterocycles. The molecule has 1 fully saturated rings. The fourth-order valence-electron chi connectivity index (χ4n) is 3.98. The predicted molar refractivity (Wildman–Crippen MR) is 123 cm³/mol. The van der Waals surface area contributed by atoms with E-state index in [1.165, 1.54) is 0 Å². The van der Waals surface area contributed by atoms with Crippen molar-refractivity contribution in [1.82, 2.24) is 20.4 Å². The summed E-state index contributed by atoms with van der Waals surface area (Å²) >= 11 is 0. The average molecular weight is 440 g/mol. The number of aromatic amines is 1. The Morgan fingerprint density at radius 3 is 2.47 bits per heavy atom. The standard InChI is InChI=1S/C24H33N5O3/c1-17(2)16-20(24(32)27-21-10-13-25-28-21)26-23(31)19-11-14-29(15-12-19)22(30)9-8-18-6-4-3-5-7-18/h3-7,10,13,17,19-20H,8-9,11-12,14-16H2,1-2H3,(H,26,31)(H2,25,27,28,32). The highest BCUT2D eigenvalue weighted by atomic mass is 16.2. The van der Waals surface area contributed by atoms with E-state index >= 15 is 0 Å². The Bertz CT molecular complexity index is 874. The van der Waals surface area contributed by atoms with Gasteiger partial charge in [-0.15, -0.1) is 0 Å². The van der Waals surface area contributed by atoms with Crippen LogP contribution in [0.3, 0.4) is 0 Å². The number of nitrogens with zero attached hydrogens (tertiary/aromatic N) is 2. The number of carbonyl (C=O) groups is 3. The number of rotatable bonds is 9. The van der Waals surface area contributed by atoms with Crippen molar-refractivity contribution >= 4 is 23.5 Å². The van der Waals surface area contributed by atoms with Crippen molar-refractivity contribution in [1.29, 1.82) is 0 Å². The lowest BCUT2D eigenvalue weighted by Crippen LogP contribution is -2.49. The molecule has 1 aromatic carbocycles. The van der Waals surface area contributed by atoms with Gasteiger partial charge in [0, 0.05) is 31.5 Å². The number of likely N-dealkylation sites (tertiary alicyclic amines) is 1. The molecular weight excluding hydrogens is 406 g/mol. The zero-order chi connectivity index (χ0) is 22.9. The number of benzene rings is 1. The summed E-state index contributed by atoms with van der Waals surface area (Å²) in [5.74, 6) is 0.306. The van der Waals surface area contributed by atoms with E-state index in [4.69, 9.17) is 0 Å². The van der Waals surface area contributed by atoms with Crippen LogP contribution in [0.2, 0.25) is 0 Å². The van der Waals surface area contributed by atoms with Gasteiger partial charge in [0.25, 0.3) is 0 Å². The number of nitrogens with one attached hydrogen (secondary N) is 3. The van der Waals surface area contributed by atoms with E-state index in [2.05, 4.69) is 20.8 Å². The van der Waals surface area contributed by atoms with E-state index in [1.807, 2.05) is 49.1 Å². The summed E-state index contributed by atoms with van der Waals surface area (Å²) in [5, 5.41) is 12.2. The summed E-state index contributed by atoms with van der Waals surface area (Å²) in [6.07, 6.45) is 4.52. The first-order valence-electron chi connectivity index (χ1n) is 11.3. The number of carbonyl (C=O) groups excluding carboxylic acids is 3. The van der Waals surface area contributed by atoms with E-state index in [9.17, 15) is 14.4 Å². The minimum absolute atomic E-state index is 0.119. The molecular formula is C24H33N5O3. The third kappa shape index (κ3) is 6.93. The molecule has 1 aliphatic rings. The summed E-state index contributed by atoms with van der Waals surface area (Å²) < 4.78 is 0. The number of anilines is 1. The maximum absolute atomic E-state index is 12.9. The number of hydrogen-bond donors (Lipinski definition) is 3. The van der Waals surface area contributed by atoms with Crippen LogP contribution >= 0.6 is 0 Å². The fraction of sp³-hybridized carbons (Fsp3) is 0.500. The highest BCUT2D eigenvalue weighted by molar-refractivity contribution is 5.96. The van der Waals surface area contributed by atoms with Gasteiger partial charge in [-0.3, -0.25) is 19.5 Å². The van der Waals surface area contributed by atoms with E-state index < -0.39 is 6.04 Å². The number of hydrogen-bond acceptors (Lipinski definition) is 4. The predicted octanol–water partition coefficient (Wildman–Crippen LogP) is 2.75. The van der Waals surface area contributed by atoms with Crippen molar-refractivity contribution in [2.75, 3.05) is 18.4 Å². The van der Waals surface area contributed by atoms with Gasteiger partial charge >= 0.3 is 0 Å². The van der Waals surface area contributed by atoms with Crippen molar-refractivity contribution < 1.29 is 14.4 Å². The summed E-state index contributed by atoms with van der Waals surface area (Å²) in [6, 6.07) is 11.0. The van der Waals surface area contributed by atoms with Crippen LogP contribution in [0, 0.1) is 11.8 Å². The van der Waals surface area contributed by atoms with Crippen molar-refractivity contribution in [3.05, 3.63) is 48.2 Å². The Hall–Kier alpha value is -3.16. The van der Waals surface area contributed by atoms with Gasteiger partial charge < -0.3 is 15.5 Å². The molecule has 3 amide bonds. The third-order valence-corrected chi connectivity index (χ3v) is 5.79. The SMILES string of the molecule is CC(C)CC(NC(=O)C1CCN(C(=O)CCc2ccccc2)CC1)C(=O)Nc1ccn[nH]1. The number of aryl methyl sites for hydroxylation is 1. The second-order valence-corrected chi connectivity index (χ2v) is 8.79. The van der Waals surface area contributed by atoms with Gasteiger partial charge in [-0.1, -0.05) is 44.2 Å². The molecule has 3 N–H and O–H groups in total. The smallest absolute Gasteiger partial charge is 0.248 e. The molecule has 2 heterocycles. The Morgan fingerprint density at radius 2 is 1.84 bits per heavy atom. The van der Waals surface area contributed by atoms with Gasteiger partial charge in [-0.05, 0) is 37.2 Å². The van der Waals surface area contributed by atoms with Crippen LogP contribution in [0.4, 0.5) is 5.82 Å². The van der Waals surface area contributed by atoms with Gasteiger partial charge in [-0.25, -0.2) is 0 Å². The van der Waals surface area contributed by atoms with E-state index in [0.717, 1.165) is 12.0 Å². The van der Waals surface area contributed by atoms with Crippen LogP contribution in [-0.4, -0.2) is 52.0 Å². The maximum atomic E-state index is 12.9.